The number of amides is 1. The predicted molar refractivity (Wildman–Crippen MR) is 78.6 cm³/mol. The molecule has 1 aromatic carbocycles. The van der Waals surface area contributed by atoms with Crippen molar-refractivity contribution in [1.29, 1.82) is 0 Å². The molecule has 1 aromatic rings. The number of hydrogen-bond donors (Lipinski definition) is 3. The lowest BCUT2D eigenvalue weighted by Gasteiger charge is -2.18. The van der Waals surface area contributed by atoms with Gasteiger partial charge < -0.3 is 20.9 Å². The number of carbonyl (C=O) groups excluding carboxylic acids is 1. The molecular formula is C15H24N2O3. The lowest BCUT2D eigenvalue weighted by Crippen LogP contribution is -2.45. The zero-order valence-corrected chi connectivity index (χ0v) is 12.1. The van der Waals surface area contributed by atoms with Crippen LogP contribution in [0.5, 0.6) is 5.75 Å². The maximum absolute atomic E-state index is 11.3. The third-order valence-electron chi connectivity index (χ3n) is 2.88. The van der Waals surface area contributed by atoms with Gasteiger partial charge in [0.15, 0.2) is 0 Å². The van der Waals surface area contributed by atoms with Crippen LogP contribution in [0.2, 0.25) is 0 Å². The molecule has 0 radical (unpaired) electrons. The number of carbonyl (C=O) groups is 1. The first-order chi connectivity index (χ1) is 9.52. The second kappa shape index (κ2) is 8.55. The monoisotopic (exact) mass is 280 g/mol. The molecule has 20 heavy (non-hydrogen) atoms. The van der Waals surface area contributed by atoms with Crippen molar-refractivity contribution in [2.24, 2.45) is 5.73 Å². The quantitative estimate of drug-likeness (QED) is 0.626. The summed E-state index contributed by atoms with van der Waals surface area (Å²) in [4.78, 5) is 11.3. The van der Waals surface area contributed by atoms with Gasteiger partial charge in [0.25, 0.3) is 0 Å². The van der Waals surface area contributed by atoms with Gasteiger partial charge in [-0.05, 0) is 24.1 Å². The summed E-state index contributed by atoms with van der Waals surface area (Å²) in [6, 6.07) is 7.39. The lowest BCUT2D eigenvalue weighted by atomic mass is 10.1. The molecule has 0 spiro atoms. The van der Waals surface area contributed by atoms with Crippen molar-refractivity contribution in [1.82, 2.24) is 5.32 Å². The van der Waals surface area contributed by atoms with Crippen LogP contribution < -0.4 is 15.8 Å². The number of benzene rings is 1. The Kier molecular flexibility index (Phi) is 7.04. The van der Waals surface area contributed by atoms with Crippen molar-refractivity contribution in [2.75, 3.05) is 13.2 Å². The lowest BCUT2D eigenvalue weighted by molar-refractivity contribution is -0.120. The van der Waals surface area contributed by atoms with E-state index < -0.39 is 0 Å². The number of nitrogens with two attached hydrogens (primary N) is 1. The third kappa shape index (κ3) is 6.04. The van der Waals surface area contributed by atoms with Gasteiger partial charge in [-0.2, -0.15) is 0 Å². The summed E-state index contributed by atoms with van der Waals surface area (Å²) in [5.41, 5.74) is 6.40. The van der Waals surface area contributed by atoms with Crippen LogP contribution in [0.15, 0.2) is 24.3 Å². The maximum atomic E-state index is 11.3. The van der Waals surface area contributed by atoms with Crippen molar-refractivity contribution in [2.45, 2.75) is 38.8 Å². The molecule has 0 aliphatic carbocycles. The van der Waals surface area contributed by atoms with E-state index in [0.717, 1.165) is 11.3 Å². The number of rotatable bonds is 9. The molecule has 5 heteroatoms. The van der Waals surface area contributed by atoms with Crippen LogP contribution in [0.25, 0.3) is 0 Å². The SMILES string of the molecule is CC(C)NC(CCOc1ccc(CCO)cc1)C(N)=O. The highest BCUT2D eigenvalue weighted by Crippen LogP contribution is 2.13. The van der Waals surface area contributed by atoms with E-state index in [1.165, 1.54) is 0 Å². The van der Waals surface area contributed by atoms with Crippen molar-refractivity contribution in [3.63, 3.8) is 0 Å². The Morgan fingerprint density at radius 1 is 1.35 bits per heavy atom. The van der Waals surface area contributed by atoms with Crippen molar-refractivity contribution in [3.05, 3.63) is 29.8 Å². The standard InChI is InChI=1S/C15H24N2O3/c1-11(2)17-14(15(16)19)8-10-20-13-5-3-12(4-6-13)7-9-18/h3-6,11,14,17-18H,7-10H2,1-2H3,(H2,16,19). The van der Waals surface area contributed by atoms with E-state index in [-0.39, 0.29) is 24.6 Å². The van der Waals surface area contributed by atoms with Gasteiger partial charge in [0.1, 0.15) is 5.75 Å². The zero-order valence-electron chi connectivity index (χ0n) is 12.1. The van der Waals surface area contributed by atoms with Gasteiger partial charge in [0.05, 0.1) is 12.6 Å². The number of aliphatic hydroxyl groups is 1. The Hall–Kier alpha value is -1.59. The van der Waals surface area contributed by atoms with Crippen LogP contribution in [0.4, 0.5) is 0 Å². The fourth-order valence-corrected chi connectivity index (χ4v) is 1.89. The number of aliphatic hydroxyl groups excluding tert-OH is 1. The molecular weight excluding hydrogens is 256 g/mol. The Morgan fingerprint density at radius 2 is 2.00 bits per heavy atom. The second-order valence-corrected chi connectivity index (χ2v) is 5.03. The maximum Gasteiger partial charge on any atom is 0.234 e. The number of primary amides is 1. The van der Waals surface area contributed by atoms with Gasteiger partial charge in [-0.15, -0.1) is 0 Å². The van der Waals surface area contributed by atoms with E-state index in [9.17, 15) is 4.79 Å². The van der Waals surface area contributed by atoms with Gasteiger partial charge in [-0.25, -0.2) is 0 Å². The molecule has 112 valence electrons. The molecule has 0 saturated heterocycles. The van der Waals surface area contributed by atoms with Crippen LogP contribution >= 0.6 is 0 Å². The van der Waals surface area contributed by atoms with Gasteiger partial charge >= 0.3 is 0 Å². The van der Waals surface area contributed by atoms with Crippen LogP contribution in [-0.4, -0.2) is 36.3 Å². The van der Waals surface area contributed by atoms with E-state index in [4.69, 9.17) is 15.6 Å². The fraction of sp³-hybridized carbons (Fsp3) is 0.533. The average Bonchev–Trinajstić information content (AvgIpc) is 2.39. The number of ether oxygens (including phenoxy) is 1. The van der Waals surface area contributed by atoms with Gasteiger partial charge in [0, 0.05) is 19.1 Å². The molecule has 0 heterocycles. The molecule has 0 aliphatic heterocycles. The van der Waals surface area contributed by atoms with Crippen molar-refractivity contribution >= 4 is 5.91 Å². The van der Waals surface area contributed by atoms with Gasteiger partial charge in [-0.1, -0.05) is 26.0 Å². The summed E-state index contributed by atoms with van der Waals surface area (Å²) < 4.78 is 5.59. The molecule has 0 aromatic heterocycles. The van der Waals surface area contributed by atoms with Gasteiger partial charge in [0.2, 0.25) is 5.91 Å². The summed E-state index contributed by atoms with van der Waals surface area (Å²) in [6.45, 7) is 4.50. The van der Waals surface area contributed by atoms with Crippen molar-refractivity contribution in [3.8, 4) is 5.75 Å². The molecule has 1 amide bonds. The Morgan fingerprint density at radius 3 is 2.50 bits per heavy atom. The molecule has 4 N–H and O–H groups in total. The smallest absolute Gasteiger partial charge is 0.234 e. The highest BCUT2D eigenvalue weighted by molar-refractivity contribution is 5.79. The molecule has 0 fully saturated rings. The topological polar surface area (TPSA) is 84.6 Å². The fourth-order valence-electron chi connectivity index (χ4n) is 1.89. The van der Waals surface area contributed by atoms with Crippen LogP contribution in [0.3, 0.4) is 0 Å². The minimum atomic E-state index is -0.372. The molecule has 0 saturated carbocycles. The highest BCUT2D eigenvalue weighted by Gasteiger charge is 2.15. The van der Waals surface area contributed by atoms with Crippen LogP contribution in [0.1, 0.15) is 25.8 Å². The van der Waals surface area contributed by atoms with E-state index in [1.54, 1.807) is 0 Å². The normalized spacial score (nSPS) is 12.4. The minimum absolute atomic E-state index is 0.140. The zero-order chi connectivity index (χ0) is 15.0. The summed E-state index contributed by atoms with van der Waals surface area (Å²) in [5.74, 6) is 0.389. The first-order valence-electron chi connectivity index (χ1n) is 6.91. The van der Waals surface area contributed by atoms with E-state index >= 15 is 0 Å². The largest absolute Gasteiger partial charge is 0.494 e. The number of hydrogen-bond acceptors (Lipinski definition) is 4. The first-order valence-corrected chi connectivity index (χ1v) is 6.91. The minimum Gasteiger partial charge on any atom is -0.494 e. The first kappa shape index (κ1) is 16.5. The molecule has 0 bridgehead atoms. The Labute approximate surface area is 120 Å². The molecule has 1 atom stereocenters. The van der Waals surface area contributed by atoms with Crippen LogP contribution in [0, 0.1) is 0 Å². The Bertz CT molecular complexity index is 404. The highest BCUT2D eigenvalue weighted by atomic mass is 16.5. The molecule has 1 rings (SSSR count). The molecule has 0 aliphatic rings. The van der Waals surface area contributed by atoms with E-state index in [1.807, 2.05) is 38.1 Å². The van der Waals surface area contributed by atoms with Crippen molar-refractivity contribution < 1.29 is 14.6 Å². The second-order valence-electron chi connectivity index (χ2n) is 5.03. The predicted octanol–water partition coefficient (Wildman–Crippen LogP) is 0.842. The third-order valence-corrected chi connectivity index (χ3v) is 2.88. The molecule has 1 unspecified atom stereocenters. The Balaban J connectivity index is 2.40. The summed E-state index contributed by atoms with van der Waals surface area (Å²) >= 11 is 0. The van der Waals surface area contributed by atoms with Gasteiger partial charge in [-0.3, -0.25) is 4.79 Å². The summed E-state index contributed by atoms with van der Waals surface area (Å²) in [5, 5.41) is 11.9. The van der Waals surface area contributed by atoms with E-state index in [2.05, 4.69) is 5.32 Å². The molecule has 5 nitrogen and oxygen atoms in total. The van der Waals surface area contributed by atoms with E-state index in [0.29, 0.717) is 19.4 Å². The summed E-state index contributed by atoms with van der Waals surface area (Å²) in [6.07, 6.45) is 1.17. The average molecular weight is 280 g/mol. The number of nitrogens with one attached hydrogen (secondary N) is 1. The van der Waals surface area contributed by atoms with Crippen LogP contribution in [-0.2, 0) is 11.2 Å². The summed E-state index contributed by atoms with van der Waals surface area (Å²) in [7, 11) is 0.